The standard InChI is InChI=1S/C20H21NO4S/c1-12-11-16(13(2)26-12)17(22)7-8-18(23)21-10-9-14-5-3-4-6-15(14)19(21)20(24)25/h3-6,11,19H,7-10H2,1-2H3,(H,24,25). The summed E-state index contributed by atoms with van der Waals surface area (Å²) in [6.45, 7) is 4.20. The molecule has 5 nitrogen and oxygen atoms in total. The van der Waals surface area contributed by atoms with Crippen molar-refractivity contribution in [2.24, 2.45) is 0 Å². The van der Waals surface area contributed by atoms with Gasteiger partial charge in [-0.1, -0.05) is 24.3 Å². The zero-order valence-corrected chi connectivity index (χ0v) is 15.6. The molecule has 2 heterocycles. The summed E-state index contributed by atoms with van der Waals surface area (Å²) < 4.78 is 0. The number of hydrogen-bond acceptors (Lipinski definition) is 4. The van der Waals surface area contributed by atoms with Crippen LogP contribution in [-0.4, -0.2) is 34.2 Å². The first kappa shape index (κ1) is 18.3. The molecule has 1 N–H and O–H groups in total. The molecule has 1 unspecified atom stereocenters. The first-order valence-corrected chi connectivity index (χ1v) is 9.40. The van der Waals surface area contributed by atoms with Gasteiger partial charge in [0.2, 0.25) is 5.91 Å². The SMILES string of the molecule is Cc1cc(C(=O)CCC(=O)N2CCc3ccccc3C2C(=O)O)c(C)s1. The number of aliphatic carboxylic acids is 1. The van der Waals surface area contributed by atoms with Crippen LogP contribution in [0.3, 0.4) is 0 Å². The van der Waals surface area contributed by atoms with Crippen LogP contribution in [0.1, 0.15) is 50.1 Å². The van der Waals surface area contributed by atoms with Gasteiger partial charge < -0.3 is 10.0 Å². The highest BCUT2D eigenvalue weighted by Gasteiger charge is 2.35. The molecule has 0 saturated carbocycles. The maximum absolute atomic E-state index is 12.7. The Morgan fingerprint density at radius 2 is 1.92 bits per heavy atom. The topological polar surface area (TPSA) is 74.7 Å². The predicted octanol–water partition coefficient (Wildman–Crippen LogP) is 3.54. The molecule has 1 aliphatic heterocycles. The van der Waals surface area contributed by atoms with E-state index in [1.54, 1.807) is 23.5 Å². The Morgan fingerprint density at radius 3 is 2.58 bits per heavy atom. The highest BCUT2D eigenvalue weighted by Crippen LogP contribution is 2.31. The zero-order chi connectivity index (χ0) is 18.8. The lowest BCUT2D eigenvalue weighted by atomic mass is 9.92. The summed E-state index contributed by atoms with van der Waals surface area (Å²) in [7, 11) is 0. The van der Waals surface area contributed by atoms with Gasteiger partial charge in [0.25, 0.3) is 0 Å². The minimum Gasteiger partial charge on any atom is -0.479 e. The molecule has 3 rings (SSSR count). The van der Waals surface area contributed by atoms with Crippen molar-refractivity contribution in [1.29, 1.82) is 0 Å². The Bertz CT molecular complexity index is 870. The third kappa shape index (κ3) is 3.55. The maximum Gasteiger partial charge on any atom is 0.331 e. The smallest absolute Gasteiger partial charge is 0.331 e. The summed E-state index contributed by atoms with van der Waals surface area (Å²) in [5.41, 5.74) is 2.29. The van der Waals surface area contributed by atoms with Gasteiger partial charge in [-0.25, -0.2) is 4.79 Å². The number of thiophene rings is 1. The number of fused-ring (bicyclic) bond motifs is 1. The summed E-state index contributed by atoms with van der Waals surface area (Å²) in [5.74, 6) is -1.39. The van der Waals surface area contributed by atoms with Gasteiger partial charge in [-0.15, -0.1) is 11.3 Å². The zero-order valence-electron chi connectivity index (χ0n) is 14.8. The second kappa shape index (κ2) is 7.41. The normalized spacial score (nSPS) is 16.2. The first-order chi connectivity index (χ1) is 12.4. The summed E-state index contributed by atoms with van der Waals surface area (Å²) in [4.78, 5) is 40.3. The van der Waals surface area contributed by atoms with Crippen LogP contribution in [0.15, 0.2) is 30.3 Å². The number of ketones is 1. The third-order valence-electron chi connectivity index (χ3n) is 4.74. The Hall–Kier alpha value is -2.47. The Balaban J connectivity index is 1.72. The molecule has 26 heavy (non-hydrogen) atoms. The molecule has 0 radical (unpaired) electrons. The predicted molar refractivity (Wildman–Crippen MR) is 99.6 cm³/mol. The van der Waals surface area contributed by atoms with Gasteiger partial charge in [0, 0.05) is 34.7 Å². The van der Waals surface area contributed by atoms with E-state index in [2.05, 4.69) is 0 Å². The molecule has 1 aliphatic rings. The molecule has 1 amide bonds. The van der Waals surface area contributed by atoms with Crippen molar-refractivity contribution in [2.75, 3.05) is 6.54 Å². The highest BCUT2D eigenvalue weighted by molar-refractivity contribution is 7.12. The molecular weight excluding hydrogens is 350 g/mol. The van der Waals surface area contributed by atoms with Crippen LogP contribution in [0.4, 0.5) is 0 Å². The lowest BCUT2D eigenvalue weighted by Crippen LogP contribution is -2.43. The molecule has 0 fully saturated rings. The molecular formula is C20H21NO4S. The fourth-order valence-corrected chi connectivity index (χ4v) is 4.45. The maximum atomic E-state index is 12.7. The molecule has 0 spiro atoms. The van der Waals surface area contributed by atoms with E-state index in [1.807, 2.05) is 32.0 Å². The summed E-state index contributed by atoms with van der Waals surface area (Å²) >= 11 is 1.56. The quantitative estimate of drug-likeness (QED) is 0.816. The fraction of sp³-hybridized carbons (Fsp3) is 0.350. The van der Waals surface area contributed by atoms with Crippen LogP contribution < -0.4 is 0 Å². The highest BCUT2D eigenvalue weighted by atomic mass is 32.1. The minimum atomic E-state index is -1.04. The van der Waals surface area contributed by atoms with Gasteiger partial charge in [0.05, 0.1) is 0 Å². The fourth-order valence-electron chi connectivity index (χ4n) is 3.51. The van der Waals surface area contributed by atoms with E-state index in [-0.39, 0.29) is 24.5 Å². The van der Waals surface area contributed by atoms with Crippen LogP contribution in [0.25, 0.3) is 0 Å². The first-order valence-electron chi connectivity index (χ1n) is 8.58. The van der Waals surface area contributed by atoms with Crippen molar-refractivity contribution >= 4 is 29.0 Å². The number of carboxylic acid groups (broad SMARTS) is 1. The number of carbonyl (C=O) groups excluding carboxylic acids is 2. The summed E-state index contributed by atoms with van der Waals surface area (Å²) in [5, 5.41) is 9.64. The number of carbonyl (C=O) groups is 3. The van der Waals surface area contributed by atoms with Gasteiger partial charge in [0.1, 0.15) is 0 Å². The van der Waals surface area contributed by atoms with Gasteiger partial charge in [-0.05, 0) is 37.5 Å². The summed E-state index contributed by atoms with van der Waals surface area (Å²) in [6.07, 6.45) is 0.752. The van der Waals surface area contributed by atoms with E-state index in [1.165, 1.54) is 4.90 Å². The molecule has 136 valence electrons. The Kier molecular flexibility index (Phi) is 5.23. The second-order valence-corrected chi connectivity index (χ2v) is 7.99. The average Bonchev–Trinajstić information content (AvgIpc) is 2.96. The van der Waals surface area contributed by atoms with Gasteiger partial charge in [-0.3, -0.25) is 9.59 Å². The monoisotopic (exact) mass is 371 g/mol. The van der Waals surface area contributed by atoms with Crippen LogP contribution in [0.2, 0.25) is 0 Å². The molecule has 1 aromatic heterocycles. The lowest BCUT2D eigenvalue weighted by molar-refractivity contribution is -0.151. The molecule has 1 atom stereocenters. The molecule has 0 saturated heterocycles. The second-order valence-electron chi connectivity index (χ2n) is 6.53. The number of nitrogens with zero attached hydrogens (tertiary/aromatic N) is 1. The van der Waals surface area contributed by atoms with Crippen molar-refractivity contribution in [1.82, 2.24) is 4.90 Å². The van der Waals surface area contributed by atoms with Crippen molar-refractivity contribution in [3.8, 4) is 0 Å². The Morgan fingerprint density at radius 1 is 1.19 bits per heavy atom. The van der Waals surface area contributed by atoms with Crippen LogP contribution in [0, 0.1) is 13.8 Å². The lowest BCUT2D eigenvalue weighted by Gasteiger charge is -2.34. The van der Waals surface area contributed by atoms with Gasteiger partial charge in [0.15, 0.2) is 11.8 Å². The number of hydrogen-bond donors (Lipinski definition) is 1. The van der Waals surface area contributed by atoms with E-state index < -0.39 is 12.0 Å². The largest absolute Gasteiger partial charge is 0.479 e. The molecule has 2 aromatic rings. The minimum absolute atomic E-state index is 0.0269. The van der Waals surface area contributed by atoms with Crippen LogP contribution in [-0.2, 0) is 16.0 Å². The summed E-state index contributed by atoms with van der Waals surface area (Å²) in [6, 6.07) is 8.19. The molecule has 1 aromatic carbocycles. The van der Waals surface area contributed by atoms with Crippen molar-refractivity contribution in [3.05, 3.63) is 56.8 Å². The number of rotatable bonds is 5. The molecule has 6 heteroatoms. The molecule has 0 aliphatic carbocycles. The van der Waals surface area contributed by atoms with Crippen molar-refractivity contribution in [3.63, 3.8) is 0 Å². The van der Waals surface area contributed by atoms with E-state index in [0.29, 0.717) is 24.1 Å². The number of Topliss-reactive ketones (excluding diaryl/α,β-unsaturated/α-hetero) is 1. The van der Waals surface area contributed by atoms with Crippen molar-refractivity contribution < 1.29 is 19.5 Å². The van der Waals surface area contributed by atoms with Crippen LogP contribution in [0.5, 0.6) is 0 Å². The Labute approximate surface area is 156 Å². The van der Waals surface area contributed by atoms with Gasteiger partial charge >= 0.3 is 5.97 Å². The molecule has 0 bridgehead atoms. The van der Waals surface area contributed by atoms with E-state index in [9.17, 15) is 19.5 Å². The third-order valence-corrected chi connectivity index (χ3v) is 5.71. The number of carboxylic acids is 1. The van der Waals surface area contributed by atoms with Gasteiger partial charge in [-0.2, -0.15) is 0 Å². The number of aryl methyl sites for hydroxylation is 2. The average molecular weight is 371 g/mol. The number of amides is 1. The van der Waals surface area contributed by atoms with E-state index >= 15 is 0 Å². The van der Waals surface area contributed by atoms with Crippen molar-refractivity contribution in [2.45, 2.75) is 39.2 Å². The number of benzene rings is 1. The van der Waals surface area contributed by atoms with E-state index in [0.717, 1.165) is 15.3 Å². The van der Waals surface area contributed by atoms with Crippen LogP contribution >= 0.6 is 11.3 Å². The van der Waals surface area contributed by atoms with E-state index in [4.69, 9.17) is 0 Å².